The second kappa shape index (κ2) is 6.07. The van der Waals surface area contributed by atoms with E-state index in [4.69, 9.17) is 0 Å². The molecule has 5 heteroatoms. The van der Waals surface area contributed by atoms with E-state index < -0.39 is 0 Å². The summed E-state index contributed by atoms with van der Waals surface area (Å²) < 4.78 is 1.53. The third kappa shape index (κ3) is 2.66. The van der Waals surface area contributed by atoms with Gasteiger partial charge in [-0.15, -0.1) is 0 Å². The van der Waals surface area contributed by atoms with E-state index >= 15 is 0 Å². The zero-order valence-corrected chi connectivity index (χ0v) is 13.3. The molecule has 0 bridgehead atoms. The summed E-state index contributed by atoms with van der Waals surface area (Å²) in [7, 11) is 0. The van der Waals surface area contributed by atoms with Crippen molar-refractivity contribution < 1.29 is 4.79 Å². The fraction of sp³-hybridized carbons (Fsp3) is 0.316. The van der Waals surface area contributed by atoms with Gasteiger partial charge in [-0.05, 0) is 18.9 Å². The highest BCUT2D eigenvalue weighted by atomic mass is 16.2. The van der Waals surface area contributed by atoms with Crippen molar-refractivity contribution in [3.05, 3.63) is 65.0 Å². The van der Waals surface area contributed by atoms with Crippen molar-refractivity contribution in [3.8, 4) is 11.3 Å². The fourth-order valence-electron chi connectivity index (χ4n) is 3.32. The average molecular weight is 321 g/mol. The Balaban J connectivity index is 1.49. The van der Waals surface area contributed by atoms with E-state index in [1.54, 1.807) is 12.1 Å². The van der Waals surface area contributed by atoms with E-state index in [9.17, 15) is 9.59 Å². The Morgan fingerprint density at radius 1 is 1.00 bits per heavy atom. The number of hydrogen-bond donors (Lipinski definition) is 0. The monoisotopic (exact) mass is 321 g/mol. The maximum Gasteiger partial charge on any atom is 0.267 e. The fourth-order valence-corrected chi connectivity index (χ4v) is 3.32. The Bertz CT molecular complexity index is 827. The number of rotatable bonds is 3. The lowest BCUT2D eigenvalue weighted by atomic mass is 10.0. The molecule has 1 saturated heterocycles. The van der Waals surface area contributed by atoms with Crippen LogP contribution in [0.2, 0.25) is 0 Å². The smallest absolute Gasteiger partial charge is 0.267 e. The van der Waals surface area contributed by atoms with Gasteiger partial charge in [0.15, 0.2) is 0 Å². The molecular formula is C19H19N3O2. The van der Waals surface area contributed by atoms with Crippen LogP contribution in [0.15, 0.2) is 59.4 Å². The lowest BCUT2D eigenvalue weighted by molar-refractivity contribution is -0.141. The molecule has 0 unspecified atom stereocenters. The number of carbonyl (C=O) groups excluding carboxylic acids is 1. The van der Waals surface area contributed by atoms with E-state index in [1.165, 1.54) is 4.68 Å². The van der Waals surface area contributed by atoms with Gasteiger partial charge in [0.25, 0.3) is 5.56 Å². The van der Waals surface area contributed by atoms with Gasteiger partial charge in [-0.25, -0.2) is 4.68 Å². The molecule has 0 N–H and O–H groups in total. The summed E-state index contributed by atoms with van der Waals surface area (Å²) in [5.74, 6) is 0.287. The topological polar surface area (TPSA) is 55.2 Å². The van der Waals surface area contributed by atoms with Gasteiger partial charge in [-0.3, -0.25) is 9.59 Å². The van der Waals surface area contributed by atoms with Crippen molar-refractivity contribution >= 4 is 5.91 Å². The zero-order valence-electron chi connectivity index (χ0n) is 13.3. The number of amides is 1. The third-order valence-electron chi connectivity index (χ3n) is 4.77. The Morgan fingerprint density at radius 3 is 2.42 bits per heavy atom. The van der Waals surface area contributed by atoms with Crippen LogP contribution in [0.1, 0.15) is 18.9 Å². The number of likely N-dealkylation sites (tertiary alicyclic amines) is 1. The van der Waals surface area contributed by atoms with Gasteiger partial charge < -0.3 is 4.90 Å². The maximum atomic E-state index is 12.4. The molecule has 1 aliphatic heterocycles. The highest BCUT2D eigenvalue weighted by Crippen LogP contribution is 2.27. The van der Waals surface area contributed by atoms with Gasteiger partial charge >= 0.3 is 0 Å². The van der Waals surface area contributed by atoms with Crippen LogP contribution in [0.4, 0.5) is 0 Å². The summed E-state index contributed by atoms with van der Waals surface area (Å²) in [5.41, 5.74) is 1.64. The number of allylic oxidation sites excluding steroid dienone is 2. The van der Waals surface area contributed by atoms with Crippen molar-refractivity contribution in [1.29, 1.82) is 0 Å². The first kappa shape index (κ1) is 14.9. The SMILES string of the molecule is O=C(C1CC=CC1)N1CC(n2nc(-c3ccccc3)ccc2=O)C1. The summed E-state index contributed by atoms with van der Waals surface area (Å²) in [6.45, 7) is 1.14. The van der Waals surface area contributed by atoms with E-state index in [0.29, 0.717) is 13.1 Å². The first-order valence-electron chi connectivity index (χ1n) is 8.31. The number of carbonyl (C=O) groups is 1. The van der Waals surface area contributed by atoms with Crippen LogP contribution in [0, 0.1) is 5.92 Å². The molecule has 1 aliphatic carbocycles. The minimum atomic E-state index is -0.116. The van der Waals surface area contributed by atoms with Gasteiger partial charge in [-0.1, -0.05) is 42.5 Å². The Hall–Kier alpha value is -2.69. The first-order valence-corrected chi connectivity index (χ1v) is 8.31. The normalized spacial score (nSPS) is 17.9. The van der Waals surface area contributed by atoms with E-state index in [1.807, 2.05) is 35.2 Å². The van der Waals surface area contributed by atoms with Crippen molar-refractivity contribution in [2.24, 2.45) is 5.92 Å². The number of hydrogen-bond acceptors (Lipinski definition) is 3. The van der Waals surface area contributed by atoms with Crippen LogP contribution in [0.25, 0.3) is 11.3 Å². The van der Waals surface area contributed by atoms with Crippen LogP contribution >= 0.6 is 0 Å². The lowest BCUT2D eigenvalue weighted by Gasteiger charge is -2.40. The molecule has 0 spiro atoms. The van der Waals surface area contributed by atoms with Crippen molar-refractivity contribution in [3.63, 3.8) is 0 Å². The zero-order chi connectivity index (χ0) is 16.5. The van der Waals surface area contributed by atoms with Gasteiger partial charge in [0.05, 0.1) is 11.7 Å². The summed E-state index contributed by atoms with van der Waals surface area (Å²) in [4.78, 5) is 26.4. The highest BCUT2D eigenvalue weighted by Gasteiger charge is 2.36. The third-order valence-corrected chi connectivity index (χ3v) is 4.77. The van der Waals surface area contributed by atoms with Crippen LogP contribution in [-0.2, 0) is 4.79 Å². The van der Waals surface area contributed by atoms with Crippen LogP contribution < -0.4 is 5.56 Å². The van der Waals surface area contributed by atoms with Gasteiger partial charge in [0.1, 0.15) is 0 Å². The summed E-state index contributed by atoms with van der Waals surface area (Å²) in [6.07, 6.45) is 5.80. The molecule has 2 heterocycles. The Labute approximate surface area is 140 Å². The molecular weight excluding hydrogens is 302 g/mol. The van der Waals surface area contributed by atoms with Crippen molar-refractivity contribution in [2.75, 3.05) is 13.1 Å². The molecule has 0 atom stereocenters. The molecule has 4 rings (SSSR count). The molecule has 122 valence electrons. The van der Waals surface area contributed by atoms with Crippen molar-refractivity contribution in [2.45, 2.75) is 18.9 Å². The summed E-state index contributed by atoms with van der Waals surface area (Å²) in [6, 6.07) is 13.1. The minimum Gasteiger partial charge on any atom is -0.338 e. The standard InChI is InChI=1S/C19H19N3O2/c23-18-11-10-17(14-6-2-1-3-7-14)20-22(18)16-12-21(13-16)19(24)15-8-4-5-9-15/h1-7,10-11,15-16H,8-9,12-13H2. The molecule has 24 heavy (non-hydrogen) atoms. The van der Waals surface area contributed by atoms with Gasteiger partial charge in [-0.2, -0.15) is 5.10 Å². The van der Waals surface area contributed by atoms with Crippen LogP contribution in [0.3, 0.4) is 0 Å². The van der Waals surface area contributed by atoms with Gasteiger partial charge in [0.2, 0.25) is 5.91 Å². The van der Waals surface area contributed by atoms with E-state index in [2.05, 4.69) is 17.3 Å². The van der Waals surface area contributed by atoms with Crippen molar-refractivity contribution in [1.82, 2.24) is 14.7 Å². The molecule has 2 aliphatic rings. The summed E-state index contributed by atoms with van der Waals surface area (Å²) in [5, 5.41) is 4.51. The number of nitrogens with zero attached hydrogens (tertiary/aromatic N) is 3. The first-order chi connectivity index (χ1) is 11.7. The molecule has 5 nitrogen and oxygen atoms in total. The Morgan fingerprint density at radius 2 is 1.71 bits per heavy atom. The molecule has 1 aromatic carbocycles. The lowest BCUT2D eigenvalue weighted by Crippen LogP contribution is -2.54. The maximum absolute atomic E-state index is 12.4. The Kier molecular flexibility index (Phi) is 3.76. The second-order valence-corrected chi connectivity index (χ2v) is 6.40. The predicted octanol–water partition coefficient (Wildman–Crippen LogP) is 2.26. The molecule has 1 fully saturated rings. The molecule has 1 amide bonds. The van der Waals surface area contributed by atoms with Crippen LogP contribution in [0.5, 0.6) is 0 Å². The molecule has 0 radical (unpaired) electrons. The number of benzene rings is 1. The molecule has 2 aromatic rings. The van der Waals surface area contributed by atoms with E-state index in [0.717, 1.165) is 24.1 Å². The minimum absolute atomic E-state index is 0.0283. The largest absolute Gasteiger partial charge is 0.338 e. The quantitative estimate of drug-likeness (QED) is 0.815. The second-order valence-electron chi connectivity index (χ2n) is 6.40. The average Bonchev–Trinajstić information content (AvgIpc) is 3.10. The number of aromatic nitrogens is 2. The molecule has 0 saturated carbocycles. The van der Waals surface area contributed by atoms with Crippen LogP contribution in [-0.4, -0.2) is 33.7 Å². The van der Waals surface area contributed by atoms with E-state index in [-0.39, 0.29) is 23.4 Å². The highest BCUT2D eigenvalue weighted by molar-refractivity contribution is 5.80. The summed E-state index contributed by atoms with van der Waals surface area (Å²) >= 11 is 0. The molecule has 1 aromatic heterocycles. The van der Waals surface area contributed by atoms with Gasteiger partial charge in [0, 0.05) is 30.6 Å². The predicted molar refractivity (Wildman–Crippen MR) is 91.4 cm³/mol.